The van der Waals surface area contributed by atoms with Gasteiger partial charge in [-0.15, -0.1) is 0 Å². The minimum absolute atomic E-state index is 0.0451. The van der Waals surface area contributed by atoms with Crippen LogP contribution in [-0.4, -0.2) is 47.6 Å². The Bertz CT molecular complexity index is 478. The van der Waals surface area contributed by atoms with Crippen molar-refractivity contribution >= 4 is 11.6 Å². The summed E-state index contributed by atoms with van der Waals surface area (Å²) in [4.78, 5) is 18.9. The fourth-order valence-electron chi connectivity index (χ4n) is 2.56. The third-order valence-electron chi connectivity index (χ3n) is 3.82. The van der Waals surface area contributed by atoms with Gasteiger partial charge in [-0.1, -0.05) is 13.8 Å². The van der Waals surface area contributed by atoms with Gasteiger partial charge in [-0.3, -0.25) is 9.78 Å². The van der Waals surface area contributed by atoms with E-state index in [4.69, 9.17) is 4.74 Å². The monoisotopic (exact) mass is 291 g/mol. The first-order valence-corrected chi connectivity index (χ1v) is 7.77. The molecular weight excluding hydrogens is 266 g/mol. The highest BCUT2D eigenvalue weighted by atomic mass is 16.5. The van der Waals surface area contributed by atoms with Crippen molar-refractivity contribution in [1.29, 1.82) is 0 Å². The van der Waals surface area contributed by atoms with Crippen molar-refractivity contribution in [2.75, 3.05) is 25.0 Å². The number of anilines is 1. The third-order valence-corrected chi connectivity index (χ3v) is 3.82. The molecule has 5 heteroatoms. The number of hydrogen-bond acceptors (Lipinski definition) is 4. The first kappa shape index (κ1) is 15.8. The molecule has 0 aliphatic carbocycles. The molecule has 5 nitrogen and oxygen atoms in total. The number of hydrogen-bond donors (Lipinski definition) is 1. The maximum Gasteiger partial charge on any atom is 0.257 e. The molecule has 0 saturated carbocycles. The quantitative estimate of drug-likeness (QED) is 0.906. The predicted octanol–water partition coefficient (Wildman–Crippen LogP) is 2.54. The van der Waals surface area contributed by atoms with E-state index in [0.717, 1.165) is 25.1 Å². The molecule has 1 aromatic heterocycles. The number of pyridine rings is 1. The lowest BCUT2D eigenvalue weighted by atomic mass is 10.1. The second-order valence-electron chi connectivity index (χ2n) is 5.51. The second kappa shape index (κ2) is 7.41. The summed E-state index contributed by atoms with van der Waals surface area (Å²) in [6.45, 7) is 8.30. The number of amides is 1. The number of morpholine rings is 1. The third kappa shape index (κ3) is 3.73. The Morgan fingerprint density at radius 1 is 1.52 bits per heavy atom. The van der Waals surface area contributed by atoms with E-state index >= 15 is 0 Å². The van der Waals surface area contributed by atoms with Gasteiger partial charge in [0.05, 0.1) is 30.0 Å². The number of nitrogens with zero attached hydrogens (tertiary/aromatic N) is 2. The molecule has 0 bridgehead atoms. The van der Waals surface area contributed by atoms with E-state index in [9.17, 15) is 4.79 Å². The van der Waals surface area contributed by atoms with Gasteiger partial charge in [0.2, 0.25) is 0 Å². The van der Waals surface area contributed by atoms with E-state index in [1.807, 2.05) is 17.9 Å². The molecule has 2 unspecified atom stereocenters. The van der Waals surface area contributed by atoms with Crippen LogP contribution in [-0.2, 0) is 4.74 Å². The van der Waals surface area contributed by atoms with Gasteiger partial charge >= 0.3 is 0 Å². The van der Waals surface area contributed by atoms with Crippen LogP contribution in [0.2, 0.25) is 0 Å². The van der Waals surface area contributed by atoms with Gasteiger partial charge in [0.1, 0.15) is 0 Å². The molecule has 1 aliphatic rings. The highest BCUT2D eigenvalue weighted by Crippen LogP contribution is 2.21. The first-order chi connectivity index (χ1) is 10.2. The topological polar surface area (TPSA) is 54.5 Å². The molecule has 1 aliphatic heterocycles. The Balaban J connectivity index is 2.21. The number of carbonyl (C=O) groups is 1. The lowest BCUT2D eigenvalue weighted by Gasteiger charge is -2.38. The Hall–Kier alpha value is -1.62. The van der Waals surface area contributed by atoms with Gasteiger partial charge < -0.3 is 15.0 Å². The van der Waals surface area contributed by atoms with Gasteiger partial charge in [0, 0.05) is 25.5 Å². The minimum Gasteiger partial charge on any atom is -0.384 e. The predicted molar refractivity (Wildman–Crippen MR) is 83.5 cm³/mol. The van der Waals surface area contributed by atoms with Crippen LogP contribution in [0.15, 0.2) is 18.5 Å². The second-order valence-corrected chi connectivity index (χ2v) is 5.51. The van der Waals surface area contributed by atoms with E-state index in [-0.39, 0.29) is 18.1 Å². The zero-order chi connectivity index (χ0) is 15.2. The summed E-state index contributed by atoms with van der Waals surface area (Å²) in [5.41, 5.74) is 1.52. The van der Waals surface area contributed by atoms with Gasteiger partial charge in [0.25, 0.3) is 5.91 Å². The normalized spacial score (nSPS) is 22.1. The average molecular weight is 291 g/mol. The Morgan fingerprint density at radius 3 is 3.05 bits per heavy atom. The van der Waals surface area contributed by atoms with Crippen LogP contribution in [0.3, 0.4) is 0 Å². The van der Waals surface area contributed by atoms with Crippen LogP contribution in [0.5, 0.6) is 0 Å². The lowest BCUT2D eigenvalue weighted by molar-refractivity contribution is -0.0443. The van der Waals surface area contributed by atoms with Gasteiger partial charge in [-0.05, 0) is 25.8 Å². The Kier molecular flexibility index (Phi) is 5.56. The molecule has 1 amide bonds. The molecular formula is C16H25N3O2. The molecule has 1 fully saturated rings. The van der Waals surface area contributed by atoms with Crippen molar-refractivity contribution in [3.8, 4) is 0 Å². The molecule has 0 radical (unpaired) electrons. The van der Waals surface area contributed by atoms with Crippen LogP contribution in [0.4, 0.5) is 5.69 Å². The zero-order valence-corrected chi connectivity index (χ0v) is 13.1. The summed E-state index contributed by atoms with van der Waals surface area (Å²) in [5, 5.41) is 3.31. The molecule has 1 N–H and O–H groups in total. The molecule has 2 rings (SSSR count). The van der Waals surface area contributed by atoms with Gasteiger partial charge in [-0.25, -0.2) is 0 Å². The summed E-state index contributed by atoms with van der Waals surface area (Å²) in [6.07, 6.45) is 5.38. The standard InChI is InChI=1S/C16H25N3O2/c1-4-7-18-15-6-8-17-9-14(15)16(20)19-10-12(3)21-11-13(19)5-2/h6,8-9,12-13H,4-5,7,10-11H2,1-3H3,(H,17,18). The molecule has 0 spiro atoms. The smallest absolute Gasteiger partial charge is 0.257 e. The van der Waals surface area contributed by atoms with Crippen LogP contribution in [0.1, 0.15) is 44.0 Å². The maximum absolute atomic E-state index is 12.9. The fourth-order valence-corrected chi connectivity index (χ4v) is 2.56. The molecule has 1 saturated heterocycles. The van der Waals surface area contributed by atoms with E-state index in [2.05, 4.69) is 24.1 Å². The molecule has 116 valence electrons. The fraction of sp³-hybridized carbons (Fsp3) is 0.625. The van der Waals surface area contributed by atoms with Gasteiger partial charge in [-0.2, -0.15) is 0 Å². The molecule has 21 heavy (non-hydrogen) atoms. The highest BCUT2D eigenvalue weighted by molar-refractivity contribution is 5.99. The van der Waals surface area contributed by atoms with E-state index in [1.165, 1.54) is 0 Å². The van der Waals surface area contributed by atoms with Crippen LogP contribution in [0, 0.1) is 0 Å². The lowest BCUT2D eigenvalue weighted by Crippen LogP contribution is -2.51. The van der Waals surface area contributed by atoms with Crippen molar-refractivity contribution in [2.24, 2.45) is 0 Å². The number of nitrogens with one attached hydrogen (secondary N) is 1. The van der Waals surface area contributed by atoms with Crippen LogP contribution < -0.4 is 5.32 Å². The van der Waals surface area contributed by atoms with Crippen molar-refractivity contribution in [3.63, 3.8) is 0 Å². The van der Waals surface area contributed by atoms with Crippen molar-refractivity contribution in [3.05, 3.63) is 24.0 Å². The minimum atomic E-state index is 0.0451. The zero-order valence-electron chi connectivity index (χ0n) is 13.1. The molecule has 0 aromatic carbocycles. The number of carbonyl (C=O) groups excluding carboxylic acids is 1. The largest absolute Gasteiger partial charge is 0.384 e. The van der Waals surface area contributed by atoms with E-state index in [1.54, 1.807) is 12.4 Å². The Morgan fingerprint density at radius 2 is 2.33 bits per heavy atom. The first-order valence-electron chi connectivity index (χ1n) is 7.77. The summed E-state index contributed by atoms with van der Waals surface area (Å²) in [5.74, 6) is 0.0451. The van der Waals surface area contributed by atoms with Crippen molar-refractivity contribution < 1.29 is 9.53 Å². The van der Waals surface area contributed by atoms with Crippen LogP contribution >= 0.6 is 0 Å². The maximum atomic E-state index is 12.9. The summed E-state index contributed by atoms with van der Waals surface area (Å²) in [7, 11) is 0. The van der Waals surface area contributed by atoms with Crippen molar-refractivity contribution in [2.45, 2.75) is 45.8 Å². The highest BCUT2D eigenvalue weighted by Gasteiger charge is 2.31. The summed E-state index contributed by atoms with van der Waals surface area (Å²) < 4.78 is 5.67. The molecule has 1 aromatic rings. The Labute approximate surface area is 126 Å². The van der Waals surface area contributed by atoms with Crippen molar-refractivity contribution in [1.82, 2.24) is 9.88 Å². The SMILES string of the molecule is CCCNc1ccncc1C(=O)N1CC(C)OCC1CC. The van der Waals surface area contributed by atoms with Gasteiger partial charge in [0.15, 0.2) is 0 Å². The summed E-state index contributed by atoms with van der Waals surface area (Å²) in [6, 6.07) is 2.02. The molecule has 2 heterocycles. The summed E-state index contributed by atoms with van der Waals surface area (Å²) >= 11 is 0. The van der Waals surface area contributed by atoms with Crippen LogP contribution in [0.25, 0.3) is 0 Å². The van der Waals surface area contributed by atoms with E-state index < -0.39 is 0 Å². The average Bonchev–Trinajstić information content (AvgIpc) is 2.52. The molecule has 2 atom stereocenters. The number of aromatic nitrogens is 1. The number of rotatable bonds is 5. The van der Waals surface area contributed by atoms with E-state index in [0.29, 0.717) is 18.7 Å². The number of ether oxygens (including phenoxy) is 1.